The second-order valence-corrected chi connectivity index (χ2v) is 5.34. The minimum atomic E-state index is -0.130. The summed E-state index contributed by atoms with van der Waals surface area (Å²) in [5, 5.41) is 9.65. The molecule has 0 aliphatic heterocycles. The van der Waals surface area contributed by atoms with Gasteiger partial charge in [-0.15, -0.1) is 0 Å². The van der Waals surface area contributed by atoms with Crippen molar-refractivity contribution in [3.8, 4) is 6.07 Å². The van der Waals surface area contributed by atoms with Gasteiger partial charge < -0.3 is 14.5 Å². The Morgan fingerprint density at radius 2 is 1.81 bits per heavy atom. The summed E-state index contributed by atoms with van der Waals surface area (Å²) >= 11 is 0. The molecule has 0 bridgehead atoms. The molecule has 0 aliphatic rings. The first-order valence-corrected chi connectivity index (χ1v) is 7.14. The molecule has 1 rings (SSSR count). The van der Waals surface area contributed by atoms with Crippen LogP contribution in [0.4, 0.5) is 0 Å². The molecule has 4 nitrogen and oxygen atoms in total. The van der Waals surface area contributed by atoms with Crippen molar-refractivity contribution in [3.63, 3.8) is 0 Å². The predicted octanol–water partition coefficient (Wildman–Crippen LogP) is 2.45. The van der Waals surface area contributed by atoms with Crippen LogP contribution in [0.5, 0.6) is 0 Å². The number of benzene rings is 1. The highest BCUT2D eigenvalue weighted by atomic mass is 16.5. The van der Waals surface area contributed by atoms with E-state index in [1.807, 2.05) is 70.3 Å². The van der Waals surface area contributed by atoms with E-state index in [-0.39, 0.29) is 6.10 Å². The molecule has 114 valence electrons. The van der Waals surface area contributed by atoms with Crippen molar-refractivity contribution in [1.82, 2.24) is 9.80 Å². The van der Waals surface area contributed by atoms with E-state index in [4.69, 9.17) is 4.74 Å². The van der Waals surface area contributed by atoms with Gasteiger partial charge in [0.1, 0.15) is 12.2 Å². The molecule has 0 saturated heterocycles. The molecule has 0 aliphatic carbocycles. The molecule has 0 spiro atoms. The average molecular weight is 287 g/mol. The van der Waals surface area contributed by atoms with Gasteiger partial charge in [0, 0.05) is 27.2 Å². The van der Waals surface area contributed by atoms with E-state index in [2.05, 4.69) is 11.0 Å². The Morgan fingerprint density at radius 1 is 1.19 bits per heavy atom. The van der Waals surface area contributed by atoms with Crippen molar-refractivity contribution in [2.24, 2.45) is 0 Å². The predicted molar refractivity (Wildman–Crippen MR) is 86.6 cm³/mol. The zero-order valence-corrected chi connectivity index (χ0v) is 13.6. The molecular formula is C17H25N3O. The fourth-order valence-electron chi connectivity index (χ4n) is 2.30. The SMILES string of the molecule is CCOC(CN(C)C)/C(=C(\C#N)c1ccccc1)N(C)C. The van der Waals surface area contributed by atoms with Gasteiger partial charge in [-0.3, -0.25) is 0 Å². The number of rotatable bonds is 7. The fourth-order valence-corrected chi connectivity index (χ4v) is 2.30. The van der Waals surface area contributed by atoms with Gasteiger partial charge in [0.15, 0.2) is 0 Å². The smallest absolute Gasteiger partial charge is 0.111 e. The van der Waals surface area contributed by atoms with Crippen molar-refractivity contribution in [2.75, 3.05) is 41.3 Å². The van der Waals surface area contributed by atoms with Crippen LogP contribution in [0.3, 0.4) is 0 Å². The number of hydrogen-bond acceptors (Lipinski definition) is 4. The van der Waals surface area contributed by atoms with E-state index in [1.165, 1.54) is 0 Å². The minimum absolute atomic E-state index is 0.130. The molecule has 0 fully saturated rings. The molecule has 0 radical (unpaired) electrons. The van der Waals surface area contributed by atoms with Crippen molar-refractivity contribution >= 4 is 5.57 Å². The number of nitriles is 1. The summed E-state index contributed by atoms with van der Waals surface area (Å²) in [6.45, 7) is 3.33. The summed E-state index contributed by atoms with van der Waals surface area (Å²) in [5.74, 6) is 0. The number of allylic oxidation sites excluding steroid dienone is 1. The molecule has 0 saturated carbocycles. The van der Waals surface area contributed by atoms with Gasteiger partial charge in [-0.05, 0) is 26.6 Å². The van der Waals surface area contributed by atoms with Gasteiger partial charge in [-0.2, -0.15) is 5.26 Å². The Bertz CT molecular complexity index is 501. The molecule has 1 aromatic rings. The first kappa shape index (κ1) is 17.2. The lowest BCUT2D eigenvalue weighted by Gasteiger charge is -2.29. The van der Waals surface area contributed by atoms with Crippen molar-refractivity contribution in [2.45, 2.75) is 13.0 Å². The third-order valence-electron chi connectivity index (χ3n) is 3.12. The molecule has 0 heterocycles. The summed E-state index contributed by atoms with van der Waals surface area (Å²) < 4.78 is 5.89. The van der Waals surface area contributed by atoms with Crippen LogP contribution in [0.2, 0.25) is 0 Å². The monoisotopic (exact) mass is 287 g/mol. The minimum Gasteiger partial charge on any atom is -0.378 e. The summed E-state index contributed by atoms with van der Waals surface area (Å²) in [6.07, 6.45) is -0.130. The molecule has 1 aromatic carbocycles. The highest BCUT2D eigenvalue weighted by Gasteiger charge is 2.22. The van der Waals surface area contributed by atoms with Crippen LogP contribution < -0.4 is 0 Å². The summed E-state index contributed by atoms with van der Waals surface area (Å²) in [7, 11) is 7.93. The van der Waals surface area contributed by atoms with E-state index in [0.29, 0.717) is 12.2 Å². The molecule has 4 heteroatoms. The number of likely N-dealkylation sites (N-methyl/N-ethyl adjacent to an activating group) is 2. The average Bonchev–Trinajstić information content (AvgIpc) is 2.44. The summed E-state index contributed by atoms with van der Waals surface area (Å²) in [4.78, 5) is 4.05. The first-order chi connectivity index (χ1) is 10.0. The van der Waals surface area contributed by atoms with E-state index in [0.717, 1.165) is 17.8 Å². The second kappa shape index (κ2) is 8.46. The van der Waals surface area contributed by atoms with Crippen molar-refractivity contribution in [1.29, 1.82) is 5.26 Å². The van der Waals surface area contributed by atoms with Crippen LogP contribution in [-0.2, 0) is 4.74 Å². The van der Waals surface area contributed by atoms with Crippen molar-refractivity contribution < 1.29 is 4.74 Å². The van der Waals surface area contributed by atoms with Crippen LogP contribution in [0.15, 0.2) is 36.0 Å². The Morgan fingerprint density at radius 3 is 2.24 bits per heavy atom. The van der Waals surface area contributed by atoms with Gasteiger partial charge in [-0.1, -0.05) is 30.3 Å². The lowest BCUT2D eigenvalue weighted by molar-refractivity contribution is 0.0545. The van der Waals surface area contributed by atoms with Gasteiger partial charge in [0.05, 0.1) is 11.3 Å². The van der Waals surface area contributed by atoms with Crippen LogP contribution in [0.1, 0.15) is 12.5 Å². The van der Waals surface area contributed by atoms with E-state index < -0.39 is 0 Å². The van der Waals surface area contributed by atoms with E-state index in [9.17, 15) is 5.26 Å². The second-order valence-electron chi connectivity index (χ2n) is 5.34. The lowest BCUT2D eigenvalue weighted by atomic mass is 10.0. The van der Waals surface area contributed by atoms with Crippen LogP contribution in [0, 0.1) is 11.3 Å². The Kier molecular flexibility index (Phi) is 6.93. The summed E-state index contributed by atoms with van der Waals surface area (Å²) in [5.41, 5.74) is 2.51. The van der Waals surface area contributed by atoms with Crippen LogP contribution in [0.25, 0.3) is 5.57 Å². The van der Waals surface area contributed by atoms with Crippen molar-refractivity contribution in [3.05, 3.63) is 41.6 Å². The molecule has 0 N–H and O–H groups in total. The normalized spacial score (nSPS) is 13.6. The van der Waals surface area contributed by atoms with Crippen LogP contribution in [-0.4, -0.2) is 57.2 Å². The number of ether oxygens (including phenoxy) is 1. The van der Waals surface area contributed by atoms with E-state index >= 15 is 0 Å². The molecule has 1 atom stereocenters. The molecular weight excluding hydrogens is 262 g/mol. The topological polar surface area (TPSA) is 39.5 Å². The maximum absolute atomic E-state index is 9.65. The first-order valence-electron chi connectivity index (χ1n) is 7.14. The van der Waals surface area contributed by atoms with Crippen LogP contribution >= 0.6 is 0 Å². The molecule has 1 unspecified atom stereocenters. The lowest BCUT2D eigenvalue weighted by Crippen LogP contribution is -2.35. The highest BCUT2D eigenvalue weighted by Crippen LogP contribution is 2.24. The van der Waals surface area contributed by atoms with Gasteiger partial charge in [-0.25, -0.2) is 0 Å². The molecule has 0 amide bonds. The highest BCUT2D eigenvalue weighted by molar-refractivity contribution is 5.79. The third kappa shape index (κ3) is 4.89. The standard InChI is InChI=1S/C17H25N3O/c1-6-21-16(13-19(2)3)17(20(4)5)15(12-18)14-10-8-7-9-11-14/h7-11,16H,6,13H2,1-5H3/b17-15-. The Labute approximate surface area is 128 Å². The Balaban J connectivity index is 3.35. The zero-order valence-electron chi connectivity index (χ0n) is 13.6. The quantitative estimate of drug-likeness (QED) is 0.722. The summed E-state index contributed by atoms with van der Waals surface area (Å²) in [6, 6.07) is 12.1. The number of nitrogens with zero attached hydrogens (tertiary/aromatic N) is 3. The fraction of sp³-hybridized carbons (Fsp3) is 0.471. The molecule has 0 aromatic heterocycles. The van der Waals surface area contributed by atoms with E-state index in [1.54, 1.807) is 0 Å². The third-order valence-corrected chi connectivity index (χ3v) is 3.12. The zero-order chi connectivity index (χ0) is 15.8. The molecule has 21 heavy (non-hydrogen) atoms. The van der Waals surface area contributed by atoms with Gasteiger partial charge in [0.25, 0.3) is 0 Å². The largest absolute Gasteiger partial charge is 0.378 e. The number of hydrogen-bond donors (Lipinski definition) is 0. The van der Waals surface area contributed by atoms with Gasteiger partial charge >= 0.3 is 0 Å². The van der Waals surface area contributed by atoms with Gasteiger partial charge in [0.2, 0.25) is 0 Å². The Hall–Kier alpha value is -1.83. The maximum atomic E-state index is 9.65. The maximum Gasteiger partial charge on any atom is 0.111 e.